The van der Waals surface area contributed by atoms with Gasteiger partial charge in [-0.2, -0.15) is 4.37 Å². The molecule has 6 nitrogen and oxygen atoms in total. The van der Waals surface area contributed by atoms with Gasteiger partial charge in [0.05, 0.1) is 33.5 Å². The molecule has 24 heavy (non-hydrogen) atoms. The van der Waals surface area contributed by atoms with Crippen LogP contribution in [0.25, 0.3) is 0 Å². The maximum Gasteiger partial charge on any atom is 0.258 e. The summed E-state index contributed by atoms with van der Waals surface area (Å²) in [4.78, 5) is 26.1. The van der Waals surface area contributed by atoms with E-state index in [1.165, 1.54) is 16.4 Å². The van der Waals surface area contributed by atoms with Crippen LogP contribution in [0.2, 0.25) is 10.0 Å². The Hall–Kier alpha value is -1.83. The molecule has 0 aliphatic heterocycles. The fourth-order valence-electron chi connectivity index (χ4n) is 2.07. The number of carbonyl (C=O) groups is 2. The van der Waals surface area contributed by atoms with E-state index in [9.17, 15) is 9.59 Å². The van der Waals surface area contributed by atoms with E-state index in [2.05, 4.69) is 15.0 Å². The van der Waals surface area contributed by atoms with Gasteiger partial charge >= 0.3 is 0 Å². The smallest absolute Gasteiger partial charge is 0.258 e. The van der Waals surface area contributed by atoms with Crippen LogP contribution in [0, 0.1) is 6.92 Å². The number of amides is 2. The van der Waals surface area contributed by atoms with Crippen LogP contribution < -0.4 is 10.6 Å². The number of rotatable bonds is 5. The highest BCUT2D eigenvalue weighted by molar-refractivity contribution is 7.10. The average molecular weight is 387 g/mol. The molecule has 1 heterocycles. The first-order chi connectivity index (χ1) is 11.3. The highest BCUT2D eigenvalue weighted by atomic mass is 35.5. The molecular formula is C15H16Cl2N4O2S. The Morgan fingerprint density at radius 1 is 1.29 bits per heavy atom. The second-order valence-electron chi connectivity index (χ2n) is 5.03. The molecule has 0 bridgehead atoms. The van der Waals surface area contributed by atoms with E-state index in [0.717, 1.165) is 0 Å². The fraction of sp³-hybridized carbons (Fsp3) is 0.267. The summed E-state index contributed by atoms with van der Waals surface area (Å²) in [6.07, 6.45) is 0. The van der Waals surface area contributed by atoms with Gasteiger partial charge < -0.3 is 15.5 Å². The first-order valence-corrected chi connectivity index (χ1v) is 8.51. The molecule has 2 N–H and O–H groups in total. The van der Waals surface area contributed by atoms with Crippen molar-refractivity contribution in [1.82, 2.24) is 9.27 Å². The van der Waals surface area contributed by atoms with Gasteiger partial charge in [0.2, 0.25) is 5.91 Å². The molecule has 1 aromatic carbocycles. The normalized spacial score (nSPS) is 10.4. The van der Waals surface area contributed by atoms with E-state index >= 15 is 0 Å². The second kappa shape index (κ2) is 7.83. The molecule has 0 unspecified atom stereocenters. The summed E-state index contributed by atoms with van der Waals surface area (Å²) < 4.78 is 4.16. The number of para-hydroxylation sites is 1. The predicted octanol–water partition coefficient (Wildman–Crippen LogP) is 3.51. The minimum Gasteiger partial charge on any atom is -0.378 e. The largest absolute Gasteiger partial charge is 0.378 e. The van der Waals surface area contributed by atoms with E-state index in [-0.39, 0.29) is 12.5 Å². The number of likely N-dealkylation sites (N-methyl/N-ethyl adjacent to an activating group) is 1. The number of nitrogens with zero attached hydrogens (tertiary/aromatic N) is 2. The maximum absolute atomic E-state index is 12.5. The highest BCUT2D eigenvalue weighted by Crippen LogP contribution is 2.30. The van der Waals surface area contributed by atoms with Crippen molar-refractivity contribution >= 4 is 57.2 Å². The van der Waals surface area contributed by atoms with Crippen molar-refractivity contribution < 1.29 is 9.59 Å². The van der Waals surface area contributed by atoms with Crippen LogP contribution in [-0.2, 0) is 4.79 Å². The van der Waals surface area contributed by atoms with Gasteiger partial charge in [-0.1, -0.05) is 29.3 Å². The van der Waals surface area contributed by atoms with Crippen molar-refractivity contribution in [2.45, 2.75) is 6.92 Å². The van der Waals surface area contributed by atoms with E-state index in [1.54, 1.807) is 39.2 Å². The highest BCUT2D eigenvalue weighted by Gasteiger charge is 2.23. The monoisotopic (exact) mass is 386 g/mol. The zero-order chi connectivity index (χ0) is 17.9. The third-order valence-electron chi connectivity index (χ3n) is 3.26. The van der Waals surface area contributed by atoms with Gasteiger partial charge in [-0.15, -0.1) is 0 Å². The fourth-order valence-corrected chi connectivity index (χ4v) is 3.30. The lowest BCUT2D eigenvalue weighted by molar-refractivity contribution is -0.116. The molecule has 128 valence electrons. The minimum absolute atomic E-state index is 0.140. The van der Waals surface area contributed by atoms with Gasteiger partial charge in [0.25, 0.3) is 5.91 Å². The molecule has 2 rings (SSSR count). The van der Waals surface area contributed by atoms with Crippen LogP contribution in [0.5, 0.6) is 0 Å². The van der Waals surface area contributed by atoms with Crippen molar-refractivity contribution in [3.8, 4) is 0 Å². The van der Waals surface area contributed by atoms with Crippen LogP contribution in [0.1, 0.15) is 16.1 Å². The topological polar surface area (TPSA) is 74.3 Å². The molecular weight excluding hydrogens is 371 g/mol. The number of carbonyl (C=O) groups excluding carboxylic acids is 2. The number of hydrogen-bond acceptors (Lipinski definition) is 5. The molecule has 9 heteroatoms. The summed E-state index contributed by atoms with van der Waals surface area (Å²) in [5.41, 5.74) is 1.42. The molecule has 1 aromatic heterocycles. The average Bonchev–Trinajstić information content (AvgIpc) is 2.91. The summed E-state index contributed by atoms with van der Waals surface area (Å²) in [6.45, 7) is 1.61. The predicted molar refractivity (Wildman–Crippen MR) is 98.4 cm³/mol. The van der Waals surface area contributed by atoms with Gasteiger partial charge in [0.1, 0.15) is 5.00 Å². The van der Waals surface area contributed by atoms with Crippen molar-refractivity contribution in [1.29, 1.82) is 0 Å². The lowest BCUT2D eigenvalue weighted by Gasteiger charge is -2.18. The van der Waals surface area contributed by atoms with Crippen LogP contribution in [-0.4, -0.2) is 41.7 Å². The van der Waals surface area contributed by atoms with Crippen LogP contribution in [0.4, 0.5) is 10.7 Å². The quantitative estimate of drug-likeness (QED) is 0.824. The Balaban J connectivity index is 2.09. The summed E-state index contributed by atoms with van der Waals surface area (Å²) in [7, 11) is 3.27. The van der Waals surface area contributed by atoms with Gasteiger partial charge in [-0.25, -0.2) is 0 Å². The third kappa shape index (κ3) is 3.98. The molecule has 0 saturated heterocycles. The summed E-state index contributed by atoms with van der Waals surface area (Å²) in [6, 6.07) is 4.93. The van der Waals surface area contributed by atoms with Gasteiger partial charge in [0.15, 0.2) is 0 Å². The number of hydrogen-bond donors (Lipinski definition) is 2. The van der Waals surface area contributed by atoms with E-state index in [4.69, 9.17) is 23.2 Å². The summed E-state index contributed by atoms with van der Waals surface area (Å²) >= 11 is 13.2. The molecule has 0 saturated carbocycles. The number of aryl methyl sites for hydroxylation is 1. The van der Waals surface area contributed by atoms with Gasteiger partial charge in [-0.3, -0.25) is 9.59 Å². The molecule has 2 amide bonds. The Morgan fingerprint density at radius 2 is 1.92 bits per heavy atom. The zero-order valence-electron chi connectivity index (χ0n) is 13.3. The lowest BCUT2D eigenvalue weighted by atomic mass is 10.2. The Morgan fingerprint density at radius 3 is 2.50 bits per heavy atom. The molecule has 0 radical (unpaired) electrons. The molecule has 0 aliphatic rings. The van der Waals surface area contributed by atoms with E-state index < -0.39 is 5.91 Å². The Labute approximate surface area is 153 Å². The first kappa shape index (κ1) is 18.5. The first-order valence-electron chi connectivity index (χ1n) is 6.98. The number of halogens is 2. The Bertz CT molecular complexity index is 759. The van der Waals surface area contributed by atoms with E-state index in [0.29, 0.717) is 32.0 Å². The zero-order valence-corrected chi connectivity index (χ0v) is 15.6. The minimum atomic E-state index is -0.396. The number of anilines is 2. The summed E-state index contributed by atoms with van der Waals surface area (Å²) in [5, 5.41) is 6.89. The van der Waals surface area contributed by atoms with Gasteiger partial charge in [-0.05, 0) is 30.6 Å². The standard InChI is InChI=1S/C15H16Cl2N4O2S/c1-8-12(14(18-2)24-20-8)15(23)21(3)7-11(22)19-13-9(16)5-4-6-10(13)17/h4-6,18H,7H2,1-3H3,(H,19,22). The van der Waals surface area contributed by atoms with Crippen molar-refractivity contribution in [3.63, 3.8) is 0 Å². The van der Waals surface area contributed by atoms with Crippen LogP contribution in [0.15, 0.2) is 18.2 Å². The van der Waals surface area contributed by atoms with E-state index in [1.807, 2.05) is 0 Å². The number of benzene rings is 1. The van der Waals surface area contributed by atoms with Crippen molar-refractivity contribution in [2.75, 3.05) is 31.3 Å². The Kier molecular flexibility index (Phi) is 6.04. The molecule has 0 fully saturated rings. The van der Waals surface area contributed by atoms with Crippen molar-refractivity contribution in [2.24, 2.45) is 0 Å². The van der Waals surface area contributed by atoms with Crippen LogP contribution in [0.3, 0.4) is 0 Å². The molecule has 2 aromatic rings. The number of aromatic nitrogens is 1. The van der Waals surface area contributed by atoms with Crippen molar-refractivity contribution in [3.05, 3.63) is 39.5 Å². The molecule has 0 aliphatic carbocycles. The summed E-state index contributed by atoms with van der Waals surface area (Å²) in [5.74, 6) is -0.682. The molecule has 0 spiro atoms. The van der Waals surface area contributed by atoms with Gasteiger partial charge in [0, 0.05) is 14.1 Å². The lowest BCUT2D eigenvalue weighted by Crippen LogP contribution is -2.35. The maximum atomic E-state index is 12.5. The third-order valence-corrected chi connectivity index (χ3v) is 4.84. The second-order valence-corrected chi connectivity index (χ2v) is 6.62. The number of nitrogens with one attached hydrogen (secondary N) is 2. The van der Waals surface area contributed by atoms with Crippen LogP contribution >= 0.6 is 34.7 Å². The SMILES string of the molecule is CNc1snc(C)c1C(=O)N(C)CC(=O)Nc1c(Cl)cccc1Cl. The molecule has 0 atom stereocenters.